The third kappa shape index (κ3) is 2.52. The highest BCUT2D eigenvalue weighted by Crippen LogP contribution is 2.28. The maximum Gasteiger partial charge on any atom is 0.227 e. The van der Waals surface area contributed by atoms with Crippen LogP contribution < -0.4 is 4.90 Å². The lowest BCUT2D eigenvalue weighted by Gasteiger charge is -2.17. The Balaban J connectivity index is 1.89. The first-order chi connectivity index (χ1) is 9.74. The molecule has 1 amide bonds. The minimum Gasteiger partial charge on any atom is -0.508 e. The summed E-state index contributed by atoms with van der Waals surface area (Å²) in [5.74, 6) is 0.450. The van der Waals surface area contributed by atoms with Crippen LogP contribution in [0, 0.1) is 0 Å². The lowest BCUT2D eigenvalue weighted by Crippen LogP contribution is -2.23. The topological polar surface area (TPSA) is 40.5 Å². The van der Waals surface area contributed by atoms with Crippen molar-refractivity contribution in [3.63, 3.8) is 0 Å². The highest BCUT2D eigenvalue weighted by molar-refractivity contribution is 5.95. The smallest absolute Gasteiger partial charge is 0.227 e. The third-order valence-electron chi connectivity index (χ3n) is 3.69. The van der Waals surface area contributed by atoms with Gasteiger partial charge in [-0.3, -0.25) is 4.79 Å². The van der Waals surface area contributed by atoms with Crippen LogP contribution in [-0.4, -0.2) is 17.6 Å². The van der Waals surface area contributed by atoms with Gasteiger partial charge in [0.05, 0.1) is 0 Å². The van der Waals surface area contributed by atoms with E-state index in [9.17, 15) is 9.90 Å². The number of carbonyl (C=O) groups excluding carboxylic acids is 1. The normalized spacial score (nSPS) is 14.8. The summed E-state index contributed by atoms with van der Waals surface area (Å²) in [7, 11) is 0. The van der Waals surface area contributed by atoms with Crippen LogP contribution in [-0.2, 0) is 11.2 Å². The predicted octanol–water partition coefficient (Wildman–Crippen LogP) is 3.11. The number of carbonyl (C=O) groups is 1. The average Bonchev–Trinajstić information content (AvgIpc) is 2.89. The number of hydrogen-bond acceptors (Lipinski definition) is 2. The largest absolute Gasteiger partial charge is 0.508 e. The summed E-state index contributed by atoms with van der Waals surface area (Å²) in [5, 5.41) is 10.0. The van der Waals surface area contributed by atoms with Gasteiger partial charge in [0.1, 0.15) is 5.75 Å². The van der Waals surface area contributed by atoms with Crippen LogP contribution in [0.1, 0.15) is 24.0 Å². The Hall–Kier alpha value is -2.29. The number of hydrogen-bond donors (Lipinski definition) is 1. The van der Waals surface area contributed by atoms with Gasteiger partial charge in [-0.1, -0.05) is 30.3 Å². The summed E-state index contributed by atoms with van der Waals surface area (Å²) in [6, 6.07) is 15.4. The summed E-state index contributed by atoms with van der Waals surface area (Å²) < 4.78 is 0. The van der Waals surface area contributed by atoms with Gasteiger partial charge in [0.15, 0.2) is 0 Å². The minimum absolute atomic E-state index is 0.168. The van der Waals surface area contributed by atoms with Gasteiger partial charge in [-0.2, -0.15) is 0 Å². The van der Waals surface area contributed by atoms with Gasteiger partial charge in [-0.15, -0.1) is 0 Å². The van der Waals surface area contributed by atoms with Crippen molar-refractivity contribution in [3.8, 4) is 5.75 Å². The lowest BCUT2D eigenvalue weighted by atomic mass is 10.0. The molecule has 0 aliphatic carbocycles. The Kier molecular flexibility index (Phi) is 3.42. The molecule has 0 unspecified atom stereocenters. The van der Waals surface area contributed by atoms with Crippen molar-refractivity contribution in [2.45, 2.75) is 19.3 Å². The molecule has 1 saturated heterocycles. The van der Waals surface area contributed by atoms with Gasteiger partial charge in [0.25, 0.3) is 0 Å². The molecule has 3 heteroatoms. The second kappa shape index (κ2) is 5.37. The second-order valence-corrected chi connectivity index (χ2v) is 5.12. The Morgan fingerprint density at radius 3 is 2.60 bits per heavy atom. The molecule has 0 saturated carbocycles. The van der Waals surface area contributed by atoms with Crippen LogP contribution in [0.5, 0.6) is 5.75 Å². The van der Waals surface area contributed by atoms with Crippen LogP contribution in [0.3, 0.4) is 0 Å². The molecule has 2 aromatic carbocycles. The van der Waals surface area contributed by atoms with E-state index in [-0.39, 0.29) is 11.7 Å². The molecule has 1 aliphatic heterocycles. The maximum absolute atomic E-state index is 11.8. The molecule has 1 aliphatic rings. The van der Waals surface area contributed by atoms with Crippen LogP contribution in [0.4, 0.5) is 5.69 Å². The molecule has 0 aromatic heterocycles. The van der Waals surface area contributed by atoms with Gasteiger partial charge < -0.3 is 10.0 Å². The number of phenolic OH excluding ortho intramolecular Hbond substituents is 1. The number of amides is 1. The molecule has 0 bridgehead atoms. The van der Waals surface area contributed by atoms with Gasteiger partial charge in [0.2, 0.25) is 5.91 Å². The number of phenols is 1. The Bertz CT molecular complexity index is 622. The fraction of sp³-hybridized carbons (Fsp3) is 0.235. The molecule has 1 fully saturated rings. The molecule has 20 heavy (non-hydrogen) atoms. The van der Waals surface area contributed by atoms with Crippen LogP contribution in [0.2, 0.25) is 0 Å². The van der Waals surface area contributed by atoms with Crippen molar-refractivity contribution in [1.29, 1.82) is 0 Å². The zero-order chi connectivity index (χ0) is 13.9. The monoisotopic (exact) mass is 267 g/mol. The van der Waals surface area contributed by atoms with E-state index < -0.39 is 0 Å². The second-order valence-electron chi connectivity index (χ2n) is 5.12. The number of anilines is 1. The first-order valence-electron chi connectivity index (χ1n) is 6.90. The predicted molar refractivity (Wildman–Crippen MR) is 78.9 cm³/mol. The molecule has 0 spiro atoms. The van der Waals surface area contributed by atoms with Gasteiger partial charge in [-0.25, -0.2) is 0 Å². The molecular formula is C17H17NO2. The average molecular weight is 267 g/mol. The number of nitrogens with zero attached hydrogens (tertiary/aromatic N) is 1. The summed E-state index contributed by atoms with van der Waals surface area (Å²) in [6.45, 7) is 0.772. The first-order valence-corrected chi connectivity index (χ1v) is 6.90. The van der Waals surface area contributed by atoms with Gasteiger partial charge in [0, 0.05) is 30.6 Å². The zero-order valence-corrected chi connectivity index (χ0v) is 11.2. The van der Waals surface area contributed by atoms with E-state index in [0.717, 1.165) is 29.8 Å². The molecule has 2 aromatic rings. The summed E-state index contributed by atoms with van der Waals surface area (Å²) in [5.41, 5.74) is 2.89. The Morgan fingerprint density at radius 1 is 1.10 bits per heavy atom. The highest BCUT2D eigenvalue weighted by Gasteiger charge is 2.22. The first kappa shape index (κ1) is 12.7. The molecule has 3 rings (SSSR count). The lowest BCUT2D eigenvalue weighted by molar-refractivity contribution is -0.117. The number of aromatic hydroxyl groups is 1. The van der Waals surface area contributed by atoms with Crippen molar-refractivity contribution in [3.05, 3.63) is 59.7 Å². The van der Waals surface area contributed by atoms with Crippen molar-refractivity contribution in [2.24, 2.45) is 0 Å². The van der Waals surface area contributed by atoms with E-state index >= 15 is 0 Å². The third-order valence-corrected chi connectivity index (χ3v) is 3.69. The quantitative estimate of drug-likeness (QED) is 0.928. The van der Waals surface area contributed by atoms with Gasteiger partial charge in [-0.05, 0) is 30.2 Å². The van der Waals surface area contributed by atoms with E-state index in [0.29, 0.717) is 12.8 Å². The Labute approximate surface area is 118 Å². The zero-order valence-electron chi connectivity index (χ0n) is 11.2. The van der Waals surface area contributed by atoms with Crippen molar-refractivity contribution >= 4 is 11.6 Å². The number of benzene rings is 2. The standard InChI is InChI=1S/C17H17NO2/c19-16-9-8-15(18-10-4-7-17(18)20)12-14(16)11-13-5-2-1-3-6-13/h1-3,5-6,8-9,12,19H,4,7,10-11H2. The van der Waals surface area contributed by atoms with Crippen molar-refractivity contribution in [1.82, 2.24) is 0 Å². The van der Waals surface area contributed by atoms with Crippen LogP contribution in [0.25, 0.3) is 0 Å². The summed E-state index contributed by atoms with van der Waals surface area (Å²) >= 11 is 0. The van der Waals surface area contributed by atoms with E-state index in [1.54, 1.807) is 11.0 Å². The van der Waals surface area contributed by atoms with Crippen LogP contribution >= 0.6 is 0 Å². The van der Waals surface area contributed by atoms with Crippen molar-refractivity contribution < 1.29 is 9.90 Å². The SMILES string of the molecule is O=C1CCCN1c1ccc(O)c(Cc2ccccc2)c1. The molecule has 0 atom stereocenters. The van der Waals surface area contributed by atoms with E-state index in [1.165, 1.54) is 0 Å². The highest BCUT2D eigenvalue weighted by atomic mass is 16.3. The van der Waals surface area contributed by atoms with E-state index in [1.807, 2.05) is 42.5 Å². The molecular weight excluding hydrogens is 250 g/mol. The maximum atomic E-state index is 11.8. The summed E-state index contributed by atoms with van der Waals surface area (Å²) in [4.78, 5) is 13.6. The summed E-state index contributed by atoms with van der Waals surface area (Å²) in [6.07, 6.45) is 2.20. The molecule has 102 valence electrons. The van der Waals surface area contributed by atoms with Gasteiger partial charge >= 0.3 is 0 Å². The molecule has 3 nitrogen and oxygen atoms in total. The minimum atomic E-state index is 0.168. The van der Waals surface area contributed by atoms with Crippen LogP contribution in [0.15, 0.2) is 48.5 Å². The van der Waals surface area contributed by atoms with E-state index in [2.05, 4.69) is 0 Å². The molecule has 1 heterocycles. The molecule has 1 N–H and O–H groups in total. The number of rotatable bonds is 3. The molecule has 0 radical (unpaired) electrons. The van der Waals surface area contributed by atoms with Crippen molar-refractivity contribution in [2.75, 3.05) is 11.4 Å². The Morgan fingerprint density at radius 2 is 1.90 bits per heavy atom. The fourth-order valence-corrected chi connectivity index (χ4v) is 2.62. The fourth-order valence-electron chi connectivity index (χ4n) is 2.62. The van der Waals surface area contributed by atoms with E-state index in [4.69, 9.17) is 0 Å².